The van der Waals surface area contributed by atoms with Gasteiger partial charge in [-0.05, 0) is 106 Å². The molecule has 0 spiro atoms. The molecule has 4 heterocycles. The monoisotopic (exact) mass is 1360 g/mol. The number of phenols is 1. The topological polar surface area (TPSA) is 458 Å². The van der Waals surface area contributed by atoms with Crippen molar-refractivity contribution in [2.75, 3.05) is 59.6 Å². The van der Waals surface area contributed by atoms with Crippen LogP contribution >= 0.6 is 23.7 Å². The lowest BCUT2D eigenvalue weighted by Crippen LogP contribution is -2.64. The number of ether oxygens (including phenoxy) is 2. The van der Waals surface area contributed by atoms with Crippen LogP contribution < -0.4 is 46.6 Å². The summed E-state index contributed by atoms with van der Waals surface area (Å²) in [6.45, 7) is 3.27. The van der Waals surface area contributed by atoms with E-state index >= 15 is 0 Å². The van der Waals surface area contributed by atoms with Gasteiger partial charge in [0, 0.05) is 75.2 Å². The molecular formula is C61H85N11O20S2. The summed E-state index contributed by atoms with van der Waals surface area (Å²) in [6, 6.07) is 6.08. The molecule has 516 valence electrons. The number of rotatable bonds is 28. The average Bonchev–Trinajstić information content (AvgIpc) is 1.62. The minimum atomic E-state index is -2.11. The molecule has 4 aromatic rings. The first-order valence-electron chi connectivity index (χ1n) is 31.0. The number of unbranched alkanes of at least 4 members (excludes halogenated alkanes) is 4. The predicted molar refractivity (Wildman–Crippen MR) is 338 cm³/mol. The number of hydrogen-bond donors (Lipinski definition) is 15. The lowest BCUT2D eigenvalue weighted by molar-refractivity contribution is -0.433. The molecular weight excluding hydrogens is 1270 g/mol. The van der Waals surface area contributed by atoms with Crippen molar-refractivity contribution in [1.82, 2.24) is 51.9 Å². The average molecular weight is 1360 g/mol. The van der Waals surface area contributed by atoms with E-state index in [4.69, 9.17) is 24.6 Å². The quantitative estimate of drug-likeness (QED) is 0.0143. The number of hydrogen-bond acceptors (Lipinski definition) is 26. The van der Waals surface area contributed by atoms with Crippen LogP contribution in [0.2, 0.25) is 0 Å². The maximum absolute atomic E-state index is 15.0. The number of benzene rings is 3. The van der Waals surface area contributed by atoms with Gasteiger partial charge in [0.2, 0.25) is 35.4 Å². The lowest BCUT2D eigenvalue weighted by Gasteiger charge is -2.34. The zero-order chi connectivity index (χ0) is 68.0. The number of phenolic OH excluding ortho intramolecular Hbond substituents is 1. The summed E-state index contributed by atoms with van der Waals surface area (Å²) in [5.41, 5.74) is 7.20. The lowest BCUT2D eigenvalue weighted by atomic mass is 9.98. The van der Waals surface area contributed by atoms with E-state index in [9.17, 15) is 69.3 Å². The summed E-state index contributed by atoms with van der Waals surface area (Å²) >= 11 is 1.38. The number of aromatic nitrogens is 2. The minimum Gasteiger partial charge on any atom is -0.504 e. The number of fused-ring (bicyclic) bond motifs is 2. The predicted octanol–water partition coefficient (Wildman–Crippen LogP) is -0.806. The molecule has 16 N–H and O–H groups in total. The highest BCUT2D eigenvalue weighted by atomic mass is 32.2. The summed E-state index contributed by atoms with van der Waals surface area (Å²) < 4.78 is 20.4. The minimum absolute atomic E-state index is 0.0220. The van der Waals surface area contributed by atoms with Crippen LogP contribution in [0.3, 0.4) is 0 Å². The van der Waals surface area contributed by atoms with E-state index in [-0.39, 0.29) is 48.7 Å². The second-order valence-corrected chi connectivity index (χ2v) is 24.8. The molecule has 0 aliphatic carbocycles. The second kappa shape index (κ2) is 36.6. The Bertz CT molecular complexity index is 3140. The molecule has 0 saturated carbocycles. The van der Waals surface area contributed by atoms with E-state index in [0.29, 0.717) is 41.7 Å². The number of nitrogens with zero attached hydrogens (tertiary/aromatic N) is 4. The molecule has 0 bridgehead atoms. The molecule has 3 fully saturated rings. The van der Waals surface area contributed by atoms with E-state index in [1.54, 1.807) is 19.2 Å². The molecule has 3 aliphatic rings. The molecule has 3 aromatic carbocycles. The van der Waals surface area contributed by atoms with Crippen molar-refractivity contribution in [2.45, 2.75) is 151 Å². The molecule has 3 saturated heterocycles. The van der Waals surface area contributed by atoms with Crippen LogP contribution in [-0.2, 0) is 49.3 Å². The van der Waals surface area contributed by atoms with Gasteiger partial charge in [-0.3, -0.25) is 33.6 Å². The van der Waals surface area contributed by atoms with Crippen LogP contribution in [0.5, 0.6) is 17.2 Å². The zero-order valence-corrected chi connectivity index (χ0v) is 53.9. The smallest absolute Gasteiger partial charge is 0.261 e. The van der Waals surface area contributed by atoms with Crippen molar-refractivity contribution in [3.8, 4) is 38.4 Å². The number of aliphatic hydroxyl groups excluding tert-OH is 6. The van der Waals surface area contributed by atoms with Gasteiger partial charge in [-0.2, -0.15) is 0 Å². The van der Waals surface area contributed by atoms with Gasteiger partial charge in [0.1, 0.15) is 52.0 Å². The summed E-state index contributed by atoms with van der Waals surface area (Å²) in [4.78, 5) is 104. The molecule has 0 radical (unpaired) electrons. The van der Waals surface area contributed by atoms with Gasteiger partial charge in [-0.15, -0.1) is 10.2 Å². The van der Waals surface area contributed by atoms with Gasteiger partial charge in [0.15, 0.2) is 11.5 Å². The Morgan fingerprint density at radius 2 is 1.40 bits per heavy atom. The van der Waals surface area contributed by atoms with E-state index in [1.165, 1.54) is 42.5 Å². The van der Waals surface area contributed by atoms with Crippen molar-refractivity contribution in [1.29, 1.82) is 0 Å². The highest BCUT2D eigenvalue weighted by molar-refractivity contribution is 7.90. The van der Waals surface area contributed by atoms with Crippen LogP contribution in [0, 0.1) is 5.92 Å². The number of nitrogens with two attached hydrogens (primary N) is 1. The fraction of sp³-hybridized carbons (Fsp3) is 0.557. The van der Waals surface area contributed by atoms with E-state index in [0.717, 1.165) is 72.8 Å². The van der Waals surface area contributed by atoms with E-state index < -0.39 is 158 Å². The van der Waals surface area contributed by atoms with Gasteiger partial charge in [-0.1, -0.05) is 65.1 Å². The second-order valence-electron chi connectivity index (χ2n) is 23.4. The summed E-state index contributed by atoms with van der Waals surface area (Å²) in [5, 5.41) is 117. The third-order valence-electron chi connectivity index (χ3n) is 16.3. The number of carbonyl (C=O) groups is 7. The Morgan fingerprint density at radius 3 is 2.07 bits per heavy atom. The van der Waals surface area contributed by atoms with Crippen LogP contribution in [-0.4, -0.2) is 235 Å². The fourth-order valence-corrected chi connectivity index (χ4v) is 12.2. The van der Waals surface area contributed by atoms with Crippen molar-refractivity contribution in [2.24, 2.45) is 11.7 Å². The SMILES string of the molecule is COCCCCCCCOc1ccc(-c2nnc(-c3ccc(C(=O)N[C@H]4C[C@H](O)CNC(=O)[C@@H]5[C@@H](O)[C@H](C)CN5C(=O)[C@H]([C@H](O)CCNCCCN)NC(=O)[C@H]([C@H](O)Cc5ccc(O)c(OSOOO)c5)NC(=O)[C@@H]5C[C@H](O)CN5C(=O)[C@H]([C@H](C)O)NC4=O)cc3)s2)cc1. The number of methoxy groups -OCH3 is 1. The van der Waals surface area contributed by atoms with Crippen LogP contribution in [0.25, 0.3) is 21.1 Å². The third kappa shape index (κ3) is 20.6. The number of aromatic hydroxyl groups is 1. The Labute approximate surface area is 550 Å². The molecule has 0 unspecified atom stereocenters. The van der Waals surface area contributed by atoms with Crippen molar-refractivity contribution >= 4 is 65.0 Å². The van der Waals surface area contributed by atoms with Gasteiger partial charge >= 0.3 is 0 Å². The van der Waals surface area contributed by atoms with Crippen LogP contribution in [0.15, 0.2) is 66.7 Å². The molecule has 13 atom stereocenters. The molecule has 33 heteroatoms. The van der Waals surface area contributed by atoms with E-state index in [1.807, 2.05) is 24.3 Å². The molecule has 94 heavy (non-hydrogen) atoms. The van der Waals surface area contributed by atoms with Gasteiger partial charge in [0.05, 0.1) is 43.2 Å². The van der Waals surface area contributed by atoms with Crippen molar-refractivity contribution in [3.63, 3.8) is 0 Å². The van der Waals surface area contributed by atoms with Gasteiger partial charge in [0.25, 0.3) is 18.2 Å². The number of β-amino-alcohol motifs (C(OH)–C–C–N with tert-alkyl or cyclic N) is 1. The molecule has 1 aromatic heterocycles. The van der Waals surface area contributed by atoms with E-state index in [2.05, 4.69) is 51.5 Å². The fourth-order valence-electron chi connectivity index (χ4n) is 11.1. The highest BCUT2D eigenvalue weighted by Crippen LogP contribution is 2.33. The van der Waals surface area contributed by atoms with Crippen molar-refractivity contribution < 1.29 is 97.6 Å². The molecule has 3 aliphatic heterocycles. The maximum atomic E-state index is 15.0. The van der Waals surface area contributed by atoms with Crippen molar-refractivity contribution in [3.05, 3.63) is 77.9 Å². The standard InChI is InChI=1S/C61H85N11O20S2/c1-33-31-72-51(52(33)79)57(84)64-30-39(74)28-42(65-53(80)36-11-13-37(14-12-36)58-69-70-59(93-58)38-15-17-41(18-16-38)89-25-8-6-4-5-7-24-88-3)54(81)66-48(34(2)73)60(85)71-32-40(75)29-43(71)55(82)67-49(46(78)26-35-10-19-44(76)47(27-35)90-94-92-91-87)56(83)68-50(61(72)86)45(77)20-23-63-22-9-21-62/h10-19,27,33-34,39-40,42-43,45-46,48-52,63,73-79,87H,4-9,20-26,28-32,62H2,1-3H3,(H,64,84)(H,65,80)(H,66,81)(H,67,82)(H,68,83)/t33-,34+,39+,40+,42+,43+,45-,46-,48+,49+,50+,51+,52+/m1/s1. The number of amides is 7. The molecule has 7 rings (SSSR count). The Hall–Kier alpha value is -7.22. The number of nitrogens with one attached hydrogen (secondary N) is 6. The summed E-state index contributed by atoms with van der Waals surface area (Å²) in [6.07, 6.45) is -6.31. The highest BCUT2D eigenvalue weighted by Gasteiger charge is 2.50. The van der Waals surface area contributed by atoms with Gasteiger partial charge < -0.3 is 96.8 Å². The Balaban J connectivity index is 1.16. The largest absolute Gasteiger partial charge is 0.504 e. The number of carbonyl (C=O) groups excluding carboxylic acids is 7. The summed E-state index contributed by atoms with van der Waals surface area (Å²) in [7, 11) is 1.70. The zero-order valence-electron chi connectivity index (χ0n) is 52.2. The first-order chi connectivity index (χ1) is 45.1. The van der Waals surface area contributed by atoms with Gasteiger partial charge in [-0.25, -0.2) is 5.26 Å². The van der Waals surface area contributed by atoms with Crippen LogP contribution in [0.4, 0.5) is 0 Å². The Morgan fingerprint density at radius 1 is 0.755 bits per heavy atom. The first-order valence-corrected chi connectivity index (χ1v) is 32.5. The normalized spacial score (nSPS) is 24.4. The number of aliphatic hydroxyl groups is 6. The third-order valence-corrected chi connectivity index (χ3v) is 17.6. The Kier molecular flexibility index (Phi) is 28.9. The molecule has 31 nitrogen and oxygen atoms in total. The first kappa shape index (κ1) is 74.2. The van der Waals surface area contributed by atoms with Crippen LogP contribution in [0.1, 0.15) is 87.6 Å². The molecule has 7 amide bonds. The maximum Gasteiger partial charge on any atom is 0.261 e. The summed E-state index contributed by atoms with van der Waals surface area (Å²) in [5.74, 6) is -8.54.